The number of likely N-dealkylation sites (N-methyl/N-ethyl adjacent to an activating group) is 1. The Hall–Kier alpha value is -3.48. The van der Waals surface area contributed by atoms with Crippen LogP contribution in [0.2, 0.25) is 0 Å². The van der Waals surface area contributed by atoms with E-state index >= 15 is 0 Å². The Morgan fingerprint density at radius 3 is 2.21 bits per heavy atom. The number of hydrogen-bond acceptors (Lipinski definition) is 4. The number of aromatic hydroxyl groups is 1. The third-order valence-corrected chi connectivity index (χ3v) is 11.0. The molecule has 3 aromatic carbocycles. The molecule has 3 N–H and O–H groups in total. The van der Waals surface area contributed by atoms with Crippen LogP contribution >= 0.6 is 0 Å². The monoisotopic (exact) mass is 641 g/mol. The van der Waals surface area contributed by atoms with Gasteiger partial charge in [0, 0.05) is 42.7 Å². The number of piperidine rings is 1. The summed E-state index contributed by atoms with van der Waals surface area (Å²) < 4.78 is 0.781. The summed E-state index contributed by atoms with van der Waals surface area (Å²) in [5, 5.41) is 27.4. The van der Waals surface area contributed by atoms with Crippen molar-refractivity contribution in [1.29, 1.82) is 0 Å². The number of nitrogens with one attached hydrogen (secondary N) is 1. The fourth-order valence-corrected chi connectivity index (χ4v) is 8.18. The average molecular weight is 642 g/mol. The van der Waals surface area contributed by atoms with E-state index < -0.39 is 11.0 Å². The molecule has 2 aliphatic carbocycles. The molecule has 3 fully saturated rings. The number of aliphatic hydroxyl groups is 1. The number of carbonyl (C=O) groups excluding carboxylic acids is 2. The van der Waals surface area contributed by atoms with Crippen LogP contribution < -0.4 is 5.32 Å². The first-order valence-electron chi connectivity index (χ1n) is 17.9. The van der Waals surface area contributed by atoms with E-state index in [-0.39, 0.29) is 35.5 Å². The molecule has 4 atom stereocenters. The van der Waals surface area contributed by atoms with E-state index in [1.807, 2.05) is 58.9 Å². The SMILES string of the molecule is CC.CC.Cc1ccc(C(=O)NCCc2ccc(-c3ccccc3)cc2)c(O)c1[C@]12CC[N+](C)(CC3CC3)C(C)[C@]1(O)CCC(=O)C2. The van der Waals surface area contributed by atoms with Crippen LogP contribution in [0.25, 0.3) is 11.1 Å². The Kier molecular flexibility index (Phi) is 11.7. The molecule has 3 aromatic rings. The normalized spacial score (nSPS) is 26.6. The Morgan fingerprint density at radius 1 is 0.936 bits per heavy atom. The van der Waals surface area contributed by atoms with Gasteiger partial charge in [-0.2, -0.15) is 0 Å². The number of Topliss-reactive ketones (excluding diaryl/α,β-unsaturated/α-hetero) is 1. The maximum absolute atomic E-state index is 13.4. The molecule has 254 valence electrons. The molecule has 0 spiro atoms. The highest BCUT2D eigenvalue weighted by atomic mass is 16.3. The standard InChI is InChI=1S/C37H44N2O4.2C2H6/c1-25-9-16-32(35(42)38-21-18-27-12-14-30(15-13-27)29-7-5-4-6-8-29)34(41)33(25)36-20-22-39(3,24-28-10-11-28)26(2)37(36,43)19-17-31(40)23-36;2*1-2/h4-9,12-16,26,28,43H,10-11,17-24H2,1-3H3,(H-,38,41,42);2*1-2H3/p+1/t26?,36-,37-,39?;;/m1../s1. The number of likely N-dealkylation sites (tertiary alicyclic amines) is 1. The van der Waals surface area contributed by atoms with E-state index in [0.29, 0.717) is 43.7 Å². The summed E-state index contributed by atoms with van der Waals surface area (Å²) in [6, 6.07) is 22.0. The van der Waals surface area contributed by atoms with Crippen LogP contribution in [0.1, 0.15) is 100 Å². The van der Waals surface area contributed by atoms with Crippen LogP contribution in [0.4, 0.5) is 0 Å². The van der Waals surface area contributed by atoms with Gasteiger partial charge in [-0.15, -0.1) is 0 Å². The van der Waals surface area contributed by atoms with Crippen molar-refractivity contribution < 1.29 is 24.3 Å². The van der Waals surface area contributed by atoms with E-state index in [9.17, 15) is 19.8 Å². The molecule has 47 heavy (non-hydrogen) atoms. The quantitative estimate of drug-likeness (QED) is 0.220. The maximum atomic E-state index is 13.4. The molecule has 0 bridgehead atoms. The average Bonchev–Trinajstić information content (AvgIpc) is 3.91. The molecule has 2 saturated carbocycles. The third kappa shape index (κ3) is 7.19. The second-order valence-corrected chi connectivity index (χ2v) is 13.7. The lowest BCUT2D eigenvalue weighted by molar-refractivity contribution is -0.948. The van der Waals surface area contributed by atoms with Gasteiger partial charge in [0.05, 0.1) is 25.7 Å². The zero-order valence-corrected chi connectivity index (χ0v) is 29.7. The predicted octanol–water partition coefficient (Wildman–Crippen LogP) is 7.76. The number of carbonyl (C=O) groups is 2. The Bertz CT molecular complexity index is 1520. The molecule has 2 unspecified atom stereocenters. The van der Waals surface area contributed by atoms with Gasteiger partial charge in [-0.1, -0.05) is 88.4 Å². The first kappa shape index (κ1) is 36.4. The van der Waals surface area contributed by atoms with E-state index in [1.54, 1.807) is 6.07 Å². The van der Waals surface area contributed by atoms with E-state index in [4.69, 9.17) is 0 Å². The summed E-state index contributed by atoms with van der Waals surface area (Å²) in [4.78, 5) is 26.5. The molecule has 0 aromatic heterocycles. The molecule has 6 rings (SSSR count). The second kappa shape index (κ2) is 15.2. The minimum Gasteiger partial charge on any atom is -0.507 e. The highest BCUT2D eigenvalue weighted by molar-refractivity contribution is 5.97. The van der Waals surface area contributed by atoms with E-state index in [2.05, 4.69) is 55.7 Å². The van der Waals surface area contributed by atoms with Crippen molar-refractivity contribution in [2.24, 2.45) is 5.92 Å². The lowest BCUT2D eigenvalue weighted by atomic mass is 9.52. The number of quaternary nitrogens is 1. The number of fused-ring (bicyclic) bond motifs is 1. The molecule has 1 heterocycles. The third-order valence-electron chi connectivity index (χ3n) is 11.0. The highest BCUT2D eigenvalue weighted by Gasteiger charge is 2.66. The number of nitrogens with zero attached hydrogens (tertiary/aromatic N) is 1. The van der Waals surface area contributed by atoms with Crippen LogP contribution in [0.15, 0.2) is 66.7 Å². The largest absolute Gasteiger partial charge is 0.507 e. The van der Waals surface area contributed by atoms with Gasteiger partial charge in [0.25, 0.3) is 5.91 Å². The predicted molar refractivity (Wildman–Crippen MR) is 192 cm³/mol. The van der Waals surface area contributed by atoms with Crippen LogP contribution in [0.5, 0.6) is 5.75 Å². The molecule has 1 aliphatic heterocycles. The Morgan fingerprint density at radius 2 is 1.57 bits per heavy atom. The van der Waals surface area contributed by atoms with Crippen LogP contribution in [0, 0.1) is 12.8 Å². The zero-order valence-electron chi connectivity index (χ0n) is 29.7. The van der Waals surface area contributed by atoms with E-state index in [1.165, 1.54) is 12.8 Å². The molecule has 6 nitrogen and oxygen atoms in total. The second-order valence-electron chi connectivity index (χ2n) is 13.7. The number of phenolic OH excluding ortho intramolecular Hbond substituents is 1. The number of benzene rings is 3. The van der Waals surface area contributed by atoms with Gasteiger partial charge in [-0.25, -0.2) is 0 Å². The molecule has 1 amide bonds. The van der Waals surface area contributed by atoms with Crippen molar-refractivity contribution in [2.75, 3.05) is 26.7 Å². The summed E-state index contributed by atoms with van der Waals surface area (Å²) in [5.41, 5.74) is 2.93. The lowest BCUT2D eigenvalue weighted by Crippen LogP contribution is -2.75. The van der Waals surface area contributed by atoms with Gasteiger partial charge in [0.1, 0.15) is 23.2 Å². The molecular weight excluding hydrogens is 584 g/mol. The molecule has 0 radical (unpaired) electrons. The fraction of sp³-hybridized carbons (Fsp3) is 0.512. The summed E-state index contributed by atoms with van der Waals surface area (Å²) in [6.45, 7) is 14.3. The minimum absolute atomic E-state index is 0.0941. The summed E-state index contributed by atoms with van der Waals surface area (Å²) in [7, 11) is 2.24. The smallest absolute Gasteiger partial charge is 0.255 e. The number of amides is 1. The number of hydrogen-bond donors (Lipinski definition) is 3. The van der Waals surface area contributed by atoms with Crippen molar-refractivity contribution in [1.82, 2.24) is 5.32 Å². The first-order valence-corrected chi connectivity index (χ1v) is 17.9. The lowest BCUT2D eigenvalue weighted by Gasteiger charge is -2.62. The maximum Gasteiger partial charge on any atom is 0.255 e. The van der Waals surface area contributed by atoms with E-state index in [0.717, 1.165) is 39.8 Å². The van der Waals surface area contributed by atoms with Crippen molar-refractivity contribution >= 4 is 11.7 Å². The number of aryl methyl sites for hydroxylation is 1. The van der Waals surface area contributed by atoms with Crippen LogP contribution in [0.3, 0.4) is 0 Å². The molecule has 1 saturated heterocycles. The van der Waals surface area contributed by atoms with Crippen molar-refractivity contribution in [2.45, 2.75) is 104 Å². The van der Waals surface area contributed by atoms with Crippen molar-refractivity contribution in [3.63, 3.8) is 0 Å². The molecule has 3 aliphatic rings. The van der Waals surface area contributed by atoms with Crippen molar-refractivity contribution in [3.8, 4) is 16.9 Å². The zero-order chi connectivity index (χ0) is 34.4. The first-order chi connectivity index (χ1) is 22.6. The van der Waals surface area contributed by atoms with Gasteiger partial charge in [0.2, 0.25) is 0 Å². The Balaban J connectivity index is 0.00000120. The van der Waals surface area contributed by atoms with Crippen molar-refractivity contribution in [3.05, 3.63) is 89.0 Å². The number of phenols is 1. The Labute approximate surface area is 282 Å². The molecule has 6 heteroatoms. The topological polar surface area (TPSA) is 86.6 Å². The van der Waals surface area contributed by atoms with Gasteiger partial charge in [-0.3, -0.25) is 9.59 Å². The van der Waals surface area contributed by atoms with Crippen LogP contribution in [-0.2, 0) is 16.6 Å². The molecular formula is C41H57N2O4+. The minimum atomic E-state index is -1.16. The summed E-state index contributed by atoms with van der Waals surface area (Å²) in [6.07, 6.45) is 4.67. The fourth-order valence-electron chi connectivity index (χ4n) is 8.18. The summed E-state index contributed by atoms with van der Waals surface area (Å²) in [5.74, 6) is 0.378. The highest BCUT2D eigenvalue weighted by Crippen LogP contribution is 2.58. The van der Waals surface area contributed by atoms with Gasteiger partial charge >= 0.3 is 0 Å². The van der Waals surface area contributed by atoms with Gasteiger partial charge in [-0.05, 0) is 67.9 Å². The number of ketones is 1. The van der Waals surface area contributed by atoms with Gasteiger partial charge in [0.15, 0.2) is 0 Å². The number of rotatable bonds is 8. The van der Waals surface area contributed by atoms with Gasteiger partial charge < -0.3 is 20.0 Å². The van der Waals surface area contributed by atoms with Crippen LogP contribution in [-0.4, -0.2) is 64.7 Å². The summed E-state index contributed by atoms with van der Waals surface area (Å²) >= 11 is 0.